The number of aromatic nitrogens is 2. The van der Waals surface area contributed by atoms with Crippen LogP contribution in [0, 0.1) is 5.82 Å². The van der Waals surface area contributed by atoms with Crippen LogP contribution in [0.15, 0.2) is 24.3 Å². The summed E-state index contributed by atoms with van der Waals surface area (Å²) in [6.07, 6.45) is 1.76. The average Bonchev–Trinajstić information content (AvgIpc) is 2.49. The van der Waals surface area contributed by atoms with E-state index in [-0.39, 0.29) is 5.82 Å². The SMILES string of the molecule is CCCc1nc(NC)cc(Nc2ccc(F)cc2OC)n1. The molecule has 1 aromatic carbocycles. The van der Waals surface area contributed by atoms with E-state index in [4.69, 9.17) is 4.74 Å². The number of hydrogen-bond acceptors (Lipinski definition) is 5. The van der Waals surface area contributed by atoms with Gasteiger partial charge in [-0.2, -0.15) is 0 Å². The molecule has 0 saturated carbocycles. The quantitative estimate of drug-likeness (QED) is 0.854. The Kier molecular flexibility index (Phi) is 4.92. The molecule has 0 saturated heterocycles. The summed E-state index contributed by atoms with van der Waals surface area (Å²) in [5, 5.41) is 6.15. The maximum absolute atomic E-state index is 13.2. The van der Waals surface area contributed by atoms with Gasteiger partial charge in [0.1, 0.15) is 29.0 Å². The molecule has 0 radical (unpaired) electrons. The topological polar surface area (TPSA) is 59.1 Å². The van der Waals surface area contributed by atoms with Crippen molar-refractivity contribution in [2.45, 2.75) is 19.8 Å². The summed E-state index contributed by atoms with van der Waals surface area (Å²) in [5.74, 6) is 2.21. The van der Waals surface area contributed by atoms with Crippen molar-refractivity contribution in [3.63, 3.8) is 0 Å². The lowest BCUT2D eigenvalue weighted by Crippen LogP contribution is -2.04. The Morgan fingerprint density at radius 2 is 1.95 bits per heavy atom. The Balaban J connectivity index is 2.32. The summed E-state index contributed by atoms with van der Waals surface area (Å²) < 4.78 is 18.4. The zero-order chi connectivity index (χ0) is 15.2. The van der Waals surface area contributed by atoms with Crippen LogP contribution in [-0.2, 0) is 6.42 Å². The fourth-order valence-corrected chi connectivity index (χ4v) is 1.93. The van der Waals surface area contributed by atoms with Crippen molar-refractivity contribution in [3.8, 4) is 5.75 Å². The monoisotopic (exact) mass is 290 g/mol. The third kappa shape index (κ3) is 3.81. The zero-order valence-electron chi connectivity index (χ0n) is 12.4. The van der Waals surface area contributed by atoms with Gasteiger partial charge in [-0.25, -0.2) is 14.4 Å². The Labute approximate surface area is 123 Å². The normalized spacial score (nSPS) is 10.3. The molecule has 0 aliphatic carbocycles. The van der Waals surface area contributed by atoms with E-state index in [1.54, 1.807) is 19.2 Å². The summed E-state index contributed by atoms with van der Waals surface area (Å²) in [7, 11) is 3.31. The number of nitrogens with one attached hydrogen (secondary N) is 2. The predicted molar refractivity (Wildman–Crippen MR) is 81.8 cm³/mol. The molecular weight excluding hydrogens is 271 g/mol. The van der Waals surface area contributed by atoms with Crippen molar-refractivity contribution in [2.24, 2.45) is 0 Å². The van der Waals surface area contributed by atoms with Gasteiger partial charge in [-0.05, 0) is 18.6 Å². The Morgan fingerprint density at radius 3 is 2.62 bits per heavy atom. The van der Waals surface area contributed by atoms with E-state index in [1.165, 1.54) is 19.2 Å². The van der Waals surface area contributed by atoms with E-state index in [2.05, 4.69) is 27.5 Å². The van der Waals surface area contributed by atoms with Crippen LogP contribution in [0.3, 0.4) is 0 Å². The maximum atomic E-state index is 13.2. The van der Waals surface area contributed by atoms with Gasteiger partial charge in [-0.1, -0.05) is 6.92 Å². The predicted octanol–water partition coefficient (Wildman–Crippen LogP) is 3.36. The number of ether oxygens (including phenoxy) is 1. The molecule has 0 atom stereocenters. The van der Waals surface area contributed by atoms with Gasteiger partial charge >= 0.3 is 0 Å². The first-order valence-electron chi connectivity index (χ1n) is 6.82. The first kappa shape index (κ1) is 15.0. The largest absolute Gasteiger partial charge is 0.494 e. The number of benzene rings is 1. The molecule has 1 heterocycles. The molecule has 2 aromatic rings. The number of halogens is 1. The second kappa shape index (κ2) is 6.88. The third-order valence-corrected chi connectivity index (χ3v) is 2.93. The van der Waals surface area contributed by atoms with Gasteiger partial charge in [0.05, 0.1) is 12.8 Å². The molecule has 2 rings (SSSR count). The molecule has 0 fully saturated rings. The molecular formula is C15H19FN4O. The van der Waals surface area contributed by atoms with E-state index in [1.807, 2.05) is 0 Å². The van der Waals surface area contributed by atoms with Crippen molar-refractivity contribution in [1.29, 1.82) is 0 Å². The van der Waals surface area contributed by atoms with E-state index in [9.17, 15) is 4.39 Å². The van der Waals surface area contributed by atoms with Crippen LogP contribution in [0.2, 0.25) is 0 Å². The number of rotatable bonds is 6. The van der Waals surface area contributed by atoms with E-state index >= 15 is 0 Å². The molecule has 0 unspecified atom stereocenters. The molecule has 1 aromatic heterocycles. The van der Waals surface area contributed by atoms with Gasteiger partial charge < -0.3 is 15.4 Å². The van der Waals surface area contributed by atoms with Crippen molar-refractivity contribution in [2.75, 3.05) is 24.8 Å². The third-order valence-electron chi connectivity index (χ3n) is 2.93. The molecule has 112 valence electrons. The van der Waals surface area contributed by atoms with Crippen molar-refractivity contribution in [1.82, 2.24) is 9.97 Å². The lowest BCUT2D eigenvalue weighted by atomic mass is 10.2. The highest BCUT2D eigenvalue weighted by molar-refractivity contribution is 5.65. The van der Waals surface area contributed by atoms with Gasteiger partial charge in [-0.3, -0.25) is 0 Å². The summed E-state index contributed by atoms with van der Waals surface area (Å²) in [6.45, 7) is 2.07. The number of anilines is 3. The van der Waals surface area contributed by atoms with E-state index < -0.39 is 0 Å². The van der Waals surface area contributed by atoms with Gasteiger partial charge in [0, 0.05) is 25.6 Å². The lowest BCUT2D eigenvalue weighted by molar-refractivity contribution is 0.413. The molecule has 21 heavy (non-hydrogen) atoms. The van der Waals surface area contributed by atoms with Crippen LogP contribution in [0.1, 0.15) is 19.2 Å². The molecule has 0 bridgehead atoms. The molecule has 0 amide bonds. The molecule has 0 aliphatic rings. The highest BCUT2D eigenvalue weighted by atomic mass is 19.1. The van der Waals surface area contributed by atoms with Crippen LogP contribution < -0.4 is 15.4 Å². The number of nitrogens with zero attached hydrogens (tertiary/aromatic N) is 2. The molecule has 0 spiro atoms. The number of hydrogen-bond donors (Lipinski definition) is 2. The number of aryl methyl sites for hydroxylation is 1. The number of methoxy groups -OCH3 is 1. The minimum absolute atomic E-state index is 0.345. The van der Waals surface area contributed by atoms with Crippen LogP contribution in [-0.4, -0.2) is 24.1 Å². The van der Waals surface area contributed by atoms with Crippen molar-refractivity contribution in [3.05, 3.63) is 35.9 Å². The minimum Gasteiger partial charge on any atom is -0.494 e. The lowest BCUT2D eigenvalue weighted by Gasteiger charge is -2.12. The van der Waals surface area contributed by atoms with E-state index in [0.717, 1.165) is 24.5 Å². The fraction of sp³-hybridized carbons (Fsp3) is 0.333. The zero-order valence-corrected chi connectivity index (χ0v) is 12.4. The summed E-state index contributed by atoms with van der Waals surface area (Å²) in [4.78, 5) is 8.84. The van der Waals surface area contributed by atoms with Crippen LogP contribution in [0.5, 0.6) is 5.75 Å². The van der Waals surface area contributed by atoms with Crippen LogP contribution >= 0.6 is 0 Å². The maximum Gasteiger partial charge on any atom is 0.145 e. The molecule has 5 nitrogen and oxygen atoms in total. The van der Waals surface area contributed by atoms with Crippen LogP contribution in [0.25, 0.3) is 0 Å². The molecule has 6 heteroatoms. The minimum atomic E-state index is -0.345. The summed E-state index contributed by atoms with van der Waals surface area (Å²) in [6, 6.07) is 6.12. The Bertz CT molecular complexity index is 619. The molecule has 0 aliphatic heterocycles. The van der Waals surface area contributed by atoms with Crippen LogP contribution in [0.4, 0.5) is 21.7 Å². The summed E-state index contributed by atoms with van der Waals surface area (Å²) in [5.41, 5.74) is 0.655. The van der Waals surface area contributed by atoms with Gasteiger partial charge in [-0.15, -0.1) is 0 Å². The summed E-state index contributed by atoms with van der Waals surface area (Å²) >= 11 is 0. The second-order valence-electron chi connectivity index (χ2n) is 4.52. The van der Waals surface area contributed by atoms with Gasteiger partial charge in [0.25, 0.3) is 0 Å². The first-order chi connectivity index (χ1) is 10.2. The fourth-order valence-electron chi connectivity index (χ4n) is 1.93. The van der Waals surface area contributed by atoms with Gasteiger partial charge in [0.15, 0.2) is 0 Å². The van der Waals surface area contributed by atoms with Gasteiger partial charge in [0.2, 0.25) is 0 Å². The highest BCUT2D eigenvalue weighted by Crippen LogP contribution is 2.28. The standard InChI is InChI=1S/C15H19FN4O/c1-4-5-13-19-14(17-2)9-15(20-13)18-11-7-6-10(16)8-12(11)21-3/h6-9H,4-5H2,1-3H3,(H2,17,18,19,20). The average molecular weight is 290 g/mol. The Morgan fingerprint density at radius 1 is 1.19 bits per heavy atom. The van der Waals surface area contributed by atoms with Crippen molar-refractivity contribution < 1.29 is 9.13 Å². The smallest absolute Gasteiger partial charge is 0.145 e. The van der Waals surface area contributed by atoms with E-state index in [0.29, 0.717) is 17.3 Å². The highest BCUT2D eigenvalue weighted by Gasteiger charge is 2.08. The van der Waals surface area contributed by atoms with Crippen molar-refractivity contribution >= 4 is 17.3 Å². The second-order valence-corrected chi connectivity index (χ2v) is 4.52. The first-order valence-corrected chi connectivity index (χ1v) is 6.82. The molecule has 2 N–H and O–H groups in total. The Hall–Kier alpha value is -2.37.